The zero-order chi connectivity index (χ0) is 37.4. The molecular formula is C44H43F3N4O2. The molecule has 0 spiro atoms. The molecule has 1 saturated heterocycles. The number of amides is 2. The quantitative estimate of drug-likeness (QED) is 0.129. The number of benzene rings is 4. The molecule has 272 valence electrons. The Kier molecular flexibility index (Phi) is 11.8. The highest BCUT2D eigenvalue weighted by Gasteiger charge is 2.34. The molecule has 5 aromatic rings. The van der Waals surface area contributed by atoms with E-state index >= 15 is 0 Å². The van der Waals surface area contributed by atoms with Crippen molar-refractivity contribution in [3.8, 4) is 11.3 Å². The van der Waals surface area contributed by atoms with E-state index in [1.165, 1.54) is 41.0 Å². The molecule has 6 nitrogen and oxygen atoms in total. The molecular weight excluding hydrogens is 674 g/mol. The standard InChI is InChI=1S/C44H43F3N4O2/c1-32-11-17-38(33(2)28-32)31-49-24-26-50(27-25-49)43(53)41(29-35-8-4-3-5-9-35)51(30-36-12-18-37(19-13-36)40-10-6-7-23-48-40)42(52)22-16-34-14-20-39(21-15-34)44(45,46)47/h3-23,28,41H,24-27,29-31H2,1-2H3. The van der Waals surface area contributed by atoms with Crippen LogP contribution >= 0.6 is 0 Å². The van der Waals surface area contributed by atoms with Gasteiger partial charge in [0.15, 0.2) is 0 Å². The second kappa shape index (κ2) is 16.9. The highest BCUT2D eigenvalue weighted by Crippen LogP contribution is 2.29. The van der Waals surface area contributed by atoms with E-state index in [9.17, 15) is 22.8 Å². The van der Waals surface area contributed by atoms with E-state index in [1.54, 1.807) is 11.1 Å². The van der Waals surface area contributed by atoms with Gasteiger partial charge in [0.25, 0.3) is 0 Å². The Balaban J connectivity index is 1.27. The van der Waals surface area contributed by atoms with Gasteiger partial charge in [-0.1, -0.05) is 96.6 Å². The lowest BCUT2D eigenvalue weighted by Gasteiger charge is -2.39. The summed E-state index contributed by atoms with van der Waals surface area (Å²) in [4.78, 5) is 39.1. The minimum absolute atomic E-state index is 0.138. The number of halogens is 3. The van der Waals surface area contributed by atoms with Gasteiger partial charge in [-0.15, -0.1) is 0 Å². The van der Waals surface area contributed by atoms with E-state index in [4.69, 9.17) is 0 Å². The second-order valence-electron chi connectivity index (χ2n) is 13.6. The molecule has 1 aliphatic heterocycles. The van der Waals surface area contributed by atoms with Gasteiger partial charge in [0.2, 0.25) is 11.8 Å². The van der Waals surface area contributed by atoms with Crippen molar-refractivity contribution in [1.29, 1.82) is 0 Å². The van der Waals surface area contributed by atoms with Crippen LogP contribution in [0.5, 0.6) is 0 Å². The van der Waals surface area contributed by atoms with Crippen LogP contribution in [0.2, 0.25) is 0 Å². The van der Waals surface area contributed by atoms with Gasteiger partial charge in [0, 0.05) is 63.5 Å². The molecule has 1 aromatic heterocycles. The normalized spacial score (nSPS) is 14.3. The third-order valence-electron chi connectivity index (χ3n) is 9.72. The van der Waals surface area contributed by atoms with Crippen molar-refractivity contribution in [2.75, 3.05) is 26.2 Å². The van der Waals surface area contributed by atoms with E-state index in [2.05, 4.69) is 41.9 Å². The Bertz CT molecular complexity index is 2010. The molecule has 0 aliphatic carbocycles. The lowest BCUT2D eigenvalue weighted by molar-refractivity contribution is -0.145. The number of rotatable bonds is 11. The summed E-state index contributed by atoms with van der Waals surface area (Å²) in [7, 11) is 0. The average Bonchev–Trinajstić information content (AvgIpc) is 3.17. The maximum atomic E-state index is 14.6. The zero-order valence-corrected chi connectivity index (χ0v) is 30.0. The Morgan fingerprint density at radius 2 is 1.51 bits per heavy atom. The third-order valence-corrected chi connectivity index (χ3v) is 9.72. The summed E-state index contributed by atoms with van der Waals surface area (Å²) in [6, 6.07) is 33.4. The van der Waals surface area contributed by atoms with Crippen LogP contribution in [-0.4, -0.2) is 63.7 Å². The SMILES string of the molecule is Cc1ccc(CN2CCN(C(=O)C(Cc3ccccc3)N(Cc3ccc(-c4ccccn4)cc3)C(=O)C=Cc3ccc(C(F)(F)F)cc3)CC2)c(C)c1. The number of aryl methyl sites for hydroxylation is 2. The monoisotopic (exact) mass is 716 g/mol. The van der Waals surface area contributed by atoms with Gasteiger partial charge < -0.3 is 9.80 Å². The summed E-state index contributed by atoms with van der Waals surface area (Å²) in [5.74, 6) is -0.553. The van der Waals surface area contributed by atoms with E-state index in [1.807, 2.05) is 77.7 Å². The number of pyridine rings is 1. The van der Waals surface area contributed by atoms with Gasteiger partial charge in [-0.3, -0.25) is 19.5 Å². The highest BCUT2D eigenvalue weighted by atomic mass is 19.4. The third kappa shape index (κ3) is 9.87. The molecule has 1 fully saturated rings. The minimum atomic E-state index is -4.46. The molecule has 9 heteroatoms. The Morgan fingerprint density at radius 1 is 0.811 bits per heavy atom. The predicted octanol–water partition coefficient (Wildman–Crippen LogP) is 8.38. The average molecular weight is 717 g/mol. The van der Waals surface area contributed by atoms with Crippen LogP contribution in [0.25, 0.3) is 17.3 Å². The van der Waals surface area contributed by atoms with Gasteiger partial charge in [-0.2, -0.15) is 13.2 Å². The fraction of sp³-hybridized carbons (Fsp3) is 0.250. The highest BCUT2D eigenvalue weighted by molar-refractivity contribution is 5.95. The number of hydrogen-bond acceptors (Lipinski definition) is 4. The molecule has 0 N–H and O–H groups in total. The molecule has 0 bridgehead atoms. The van der Waals surface area contributed by atoms with E-state index in [0.29, 0.717) is 38.2 Å². The van der Waals surface area contributed by atoms with Crippen molar-refractivity contribution < 1.29 is 22.8 Å². The van der Waals surface area contributed by atoms with Gasteiger partial charge in [-0.25, -0.2) is 0 Å². The van der Waals surface area contributed by atoms with Crippen LogP contribution < -0.4 is 0 Å². The molecule has 2 heterocycles. The summed E-state index contributed by atoms with van der Waals surface area (Å²) in [6.07, 6.45) is 0.411. The summed E-state index contributed by atoms with van der Waals surface area (Å²) < 4.78 is 39.6. The molecule has 1 aliphatic rings. The summed E-state index contributed by atoms with van der Waals surface area (Å²) in [5, 5.41) is 0. The second-order valence-corrected chi connectivity index (χ2v) is 13.6. The summed E-state index contributed by atoms with van der Waals surface area (Å²) >= 11 is 0. The first-order valence-electron chi connectivity index (χ1n) is 17.8. The number of aromatic nitrogens is 1. The van der Waals surface area contributed by atoms with Crippen molar-refractivity contribution in [3.63, 3.8) is 0 Å². The first-order chi connectivity index (χ1) is 25.5. The van der Waals surface area contributed by atoms with E-state index in [0.717, 1.165) is 41.1 Å². The predicted molar refractivity (Wildman–Crippen MR) is 202 cm³/mol. The lowest BCUT2D eigenvalue weighted by atomic mass is 10.0. The fourth-order valence-electron chi connectivity index (χ4n) is 6.67. The van der Waals surface area contributed by atoms with Crippen LogP contribution in [0.1, 0.15) is 38.9 Å². The van der Waals surface area contributed by atoms with Gasteiger partial charge >= 0.3 is 6.18 Å². The molecule has 4 aromatic carbocycles. The van der Waals surface area contributed by atoms with Crippen LogP contribution in [-0.2, 0) is 35.3 Å². The van der Waals surface area contributed by atoms with E-state index in [-0.39, 0.29) is 12.5 Å². The zero-order valence-electron chi connectivity index (χ0n) is 30.0. The number of piperazine rings is 1. The van der Waals surface area contributed by atoms with Crippen LogP contribution in [0.3, 0.4) is 0 Å². The number of alkyl halides is 3. The number of nitrogens with zero attached hydrogens (tertiary/aromatic N) is 4. The van der Waals surface area contributed by atoms with Crippen molar-refractivity contribution in [2.45, 2.75) is 45.6 Å². The van der Waals surface area contributed by atoms with Crippen LogP contribution in [0.15, 0.2) is 128 Å². The van der Waals surface area contributed by atoms with E-state index < -0.39 is 23.7 Å². The topological polar surface area (TPSA) is 56.8 Å². The summed E-state index contributed by atoms with van der Waals surface area (Å²) in [5.41, 5.74) is 6.89. The van der Waals surface area contributed by atoms with Crippen molar-refractivity contribution in [2.24, 2.45) is 0 Å². The van der Waals surface area contributed by atoms with Gasteiger partial charge in [0.05, 0.1) is 11.3 Å². The maximum absolute atomic E-state index is 14.6. The first kappa shape index (κ1) is 37.2. The summed E-state index contributed by atoms with van der Waals surface area (Å²) in [6.45, 7) is 7.61. The number of carbonyl (C=O) groups excluding carboxylic acids is 2. The van der Waals surface area contributed by atoms with Gasteiger partial charge in [0.1, 0.15) is 6.04 Å². The Labute approximate surface area is 309 Å². The molecule has 6 rings (SSSR count). The largest absolute Gasteiger partial charge is 0.416 e. The molecule has 53 heavy (non-hydrogen) atoms. The van der Waals surface area contributed by atoms with Crippen LogP contribution in [0, 0.1) is 13.8 Å². The van der Waals surface area contributed by atoms with Gasteiger partial charge in [-0.05, 0) is 72.0 Å². The molecule has 1 unspecified atom stereocenters. The first-order valence-corrected chi connectivity index (χ1v) is 17.8. The van der Waals surface area contributed by atoms with Crippen molar-refractivity contribution in [1.82, 2.24) is 19.7 Å². The Morgan fingerprint density at radius 3 is 2.15 bits per heavy atom. The molecule has 0 saturated carbocycles. The lowest BCUT2D eigenvalue weighted by Crippen LogP contribution is -2.56. The number of carbonyl (C=O) groups is 2. The minimum Gasteiger partial charge on any atom is -0.338 e. The number of hydrogen-bond donors (Lipinski definition) is 0. The maximum Gasteiger partial charge on any atom is 0.416 e. The molecule has 1 atom stereocenters. The van der Waals surface area contributed by atoms with Crippen LogP contribution in [0.4, 0.5) is 13.2 Å². The Hall–Kier alpha value is -5.54. The van der Waals surface area contributed by atoms with Crippen molar-refractivity contribution in [3.05, 3.63) is 166 Å². The fourth-order valence-corrected chi connectivity index (χ4v) is 6.67. The molecule has 0 radical (unpaired) electrons. The molecule has 2 amide bonds. The van der Waals surface area contributed by atoms with Crippen molar-refractivity contribution >= 4 is 17.9 Å². The smallest absolute Gasteiger partial charge is 0.338 e.